The number of nitrogens with zero attached hydrogens (tertiary/aromatic N) is 1. The molecule has 1 heterocycles. The van der Waals surface area contributed by atoms with Gasteiger partial charge in [0.2, 0.25) is 0 Å². The number of carbonyl (C=O) groups is 1. The summed E-state index contributed by atoms with van der Waals surface area (Å²) < 4.78 is 10.7. The lowest BCUT2D eigenvalue weighted by Crippen LogP contribution is -2.06. The molecule has 1 aromatic rings. The van der Waals surface area contributed by atoms with Gasteiger partial charge < -0.3 is 9.47 Å². The number of hydrogen-bond acceptors (Lipinski definition) is 4. The van der Waals surface area contributed by atoms with Crippen LogP contribution in [0.1, 0.15) is 37.0 Å². The zero-order valence-electron chi connectivity index (χ0n) is 12.1. The van der Waals surface area contributed by atoms with Gasteiger partial charge in [0.1, 0.15) is 6.10 Å². The van der Waals surface area contributed by atoms with Gasteiger partial charge >= 0.3 is 5.97 Å². The highest BCUT2D eigenvalue weighted by atomic mass is 16.5. The Morgan fingerprint density at radius 2 is 2.14 bits per heavy atom. The molecular weight excluding hydrogens is 266 g/mol. The molecule has 1 saturated carbocycles. The molecular formula is C17H19NO3. The van der Waals surface area contributed by atoms with E-state index in [1.54, 1.807) is 13.0 Å². The average Bonchev–Trinajstić information content (AvgIpc) is 3.24. The summed E-state index contributed by atoms with van der Waals surface area (Å²) >= 11 is 0. The Balaban J connectivity index is 1.58. The number of benzene rings is 1. The standard InChI is InChI=1S/C17H19NO3/c1-2-20-16(19)10-5-12-3-6-13(7-4-12)15-11-18-17(21-15)14-8-9-14/h3-7,10,14-15H,2,8-9,11H2,1H3/b10-5+. The molecule has 1 unspecified atom stereocenters. The van der Waals surface area contributed by atoms with Gasteiger partial charge in [-0.25, -0.2) is 4.79 Å². The van der Waals surface area contributed by atoms with Gasteiger partial charge in [0, 0.05) is 12.0 Å². The van der Waals surface area contributed by atoms with Crippen LogP contribution in [0.15, 0.2) is 35.3 Å². The molecule has 4 nitrogen and oxygen atoms in total. The van der Waals surface area contributed by atoms with Gasteiger partial charge in [0.15, 0.2) is 5.90 Å². The van der Waals surface area contributed by atoms with Crippen LogP contribution in [0.5, 0.6) is 0 Å². The third-order valence-electron chi connectivity index (χ3n) is 3.61. The van der Waals surface area contributed by atoms with Crippen LogP contribution in [-0.4, -0.2) is 25.0 Å². The topological polar surface area (TPSA) is 47.9 Å². The van der Waals surface area contributed by atoms with Crippen LogP contribution in [-0.2, 0) is 14.3 Å². The van der Waals surface area contributed by atoms with Gasteiger partial charge in [0.25, 0.3) is 0 Å². The third kappa shape index (κ3) is 3.51. The second kappa shape index (κ2) is 6.12. The third-order valence-corrected chi connectivity index (χ3v) is 3.61. The van der Waals surface area contributed by atoms with Gasteiger partial charge in [-0.3, -0.25) is 4.99 Å². The maximum Gasteiger partial charge on any atom is 0.330 e. The molecule has 1 fully saturated rings. The largest absolute Gasteiger partial charge is 0.471 e. The van der Waals surface area contributed by atoms with Gasteiger partial charge in [-0.2, -0.15) is 0 Å². The number of hydrogen-bond donors (Lipinski definition) is 0. The highest BCUT2D eigenvalue weighted by molar-refractivity contribution is 5.87. The molecule has 0 saturated heterocycles. The molecule has 21 heavy (non-hydrogen) atoms. The quantitative estimate of drug-likeness (QED) is 0.617. The van der Waals surface area contributed by atoms with E-state index < -0.39 is 0 Å². The summed E-state index contributed by atoms with van der Waals surface area (Å²) in [5.74, 6) is 1.19. The highest BCUT2D eigenvalue weighted by Crippen LogP contribution is 2.36. The molecule has 0 bridgehead atoms. The zero-order valence-corrected chi connectivity index (χ0v) is 12.1. The van der Waals surface area contributed by atoms with E-state index in [1.807, 2.05) is 24.3 Å². The smallest absolute Gasteiger partial charge is 0.330 e. The fourth-order valence-electron chi connectivity index (χ4n) is 2.30. The molecule has 1 aliphatic heterocycles. The van der Waals surface area contributed by atoms with Crippen LogP contribution in [0.2, 0.25) is 0 Å². The summed E-state index contributed by atoms with van der Waals surface area (Å²) in [5.41, 5.74) is 2.09. The number of ether oxygens (including phenoxy) is 2. The van der Waals surface area contributed by atoms with Crippen LogP contribution in [0, 0.1) is 5.92 Å². The van der Waals surface area contributed by atoms with Crippen molar-refractivity contribution in [3.8, 4) is 0 Å². The van der Waals surface area contributed by atoms with Crippen molar-refractivity contribution in [2.24, 2.45) is 10.9 Å². The second-order valence-electron chi connectivity index (χ2n) is 5.31. The van der Waals surface area contributed by atoms with Crippen molar-refractivity contribution in [3.63, 3.8) is 0 Å². The van der Waals surface area contributed by atoms with Gasteiger partial charge in [-0.05, 0) is 37.0 Å². The molecule has 0 spiro atoms. The lowest BCUT2D eigenvalue weighted by Gasteiger charge is -2.11. The van der Waals surface area contributed by atoms with Crippen LogP contribution in [0.3, 0.4) is 0 Å². The molecule has 1 atom stereocenters. The molecule has 0 aromatic heterocycles. The molecule has 0 N–H and O–H groups in total. The average molecular weight is 285 g/mol. The lowest BCUT2D eigenvalue weighted by atomic mass is 10.1. The first-order valence-electron chi connectivity index (χ1n) is 7.42. The number of esters is 1. The second-order valence-corrected chi connectivity index (χ2v) is 5.31. The van der Waals surface area contributed by atoms with Crippen LogP contribution in [0.25, 0.3) is 6.08 Å². The Morgan fingerprint density at radius 1 is 1.38 bits per heavy atom. The number of rotatable bonds is 5. The minimum Gasteiger partial charge on any atom is -0.471 e. The molecule has 0 amide bonds. The molecule has 0 radical (unpaired) electrons. The van der Waals surface area contributed by atoms with Gasteiger partial charge in [-0.15, -0.1) is 0 Å². The fraction of sp³-hybridized carbons (Fsp3) is 0.412. The molecule has 2 aliphatic rings. The first-order chi connectivity index (χ1) is 10.3. The normalized spacial score (nSPS) is 21.2. The summed E-state index contributed by atoms with van der Waals surface area (Å²) in [7, 11) is 0. The van der Waals surface area contributed by atoms with Crippen molar-refractivity contribution in [2.45, 2.75) is 25.9 Å². The molecule has 4 heteroatoms. The Bertz CT molecular complexity index is 570. The van der Waals surface area contributed by atoms with Gasteiger partial charge in [-0.1, -0.05) is 24.3 Å². The van der Waals surface area contributed by atoms with Crippen molar-refractivity contribution < 1.29 is 14.3 Å². The van der Waals surface area contributed by atoms with E-state index in [0.29, 0.717) is 19.1 Å². The summed E-state index contributed by atoms with van der Waals surface area (Å²) in [6.07, 6.45) is 5.66. The maximum atomic E-state index is 11.3. The van der Waals surface area contributed by atoms with Crippen LogP contribution < -0.4 is 0 Å². The summed E-state index contributed by atoms with van der Waals surface area (Å²) in [4.78, 5) is 15.7. The predicted molar refractivity (Wildman–Crippen MR) is 81.0 cm³/mol. The number of carbonyl (C=O) groups excluding carboxylic acids is 1. The highest BCUT2D eigenvalue weighted by Gasteiger charge is 2.34. The molecule has 3 rings (SSSR count). The summed E-state index contributed by atoms with van der Waals surface area (Å²) in [6.45, 7) is 2.90. The SMILES string of the molecule is CCOC(=O)/C=C/c1ccc(C2CN=C(C3CC3)O2)cc1. The number of aliphatic imine (C=N–C) groups is 1. The minimum atomic E-state index is -0.317. The van der Waals surface area contributed by atoms with E-state index in [0.717, 1.165) is 17.0 Å². The van der Waals surface area contributed by atoms with Crippen LogP contribution >= 0.6 is 0 Å². The van der Waals surface area contributed by atoms with Crippen molar-refractivity contribution >= 4 is 17.9 Å². The van der Waals surface area contributed by atoms with E-state index >= 15 is 0 Å². The minimum absolute atomic E-state index is 0.0451. The van der Waals surface area contributed by atoms with Gasteiger partial charge in [0.05, 0.1) is 13.2 Å². The maximum absolute atomic E-state index is 11.3. The van der Waals surface area contributed by atoms with Crippen molar-refractivity contribution in [1.29, 1.82) is 0 Å². The molecule has 110 valence electrons. The first kappa shape index (κ1) is 13.9. The first-order valence-corrected chi connectivity index (χ1v) is 7.42. The van der Waals surface area contributed by atoms with E-state index in [2.05, 4.69) is 4.99 Å². The van der Waals surface area contributed by atoms with E-state index in [-0.39, 0.29) is 12.1 Å². The Labute approximate surface area is 124 Å². The molecule has 1 aliphatic carbocycles. The zero-order chi connectivity index (χ0) is 14.7. The van der Waals surface area contributed by atoms with Crippen molar-refractivity contribution in [2.75, 3.05) is 13.2 Å². The van der Waals surface area contributed by atoms with Crippen molar-refractivity contribution in [3.05, 3.63) is 41.5 Å². The van der Waals surface area contributed by atoms with E-state index in [4.69, 9.17) is 9.47 Å². The van der Waals surface area contributed by atoms with E-state index in [1.165, 1.54) is 18.9 Å². The summed E-state index contributed by atoms with van der Waals surface area (Å²) in [5, 5.41) is 0. The van der Waals surface area contributed by atoms with Crippen molar-refractivity contribution in [1.82, 2.24) is 0 Å². The Morgan fingerprint density at radius 3 is 2.81 bits per heavy atom. The predicted octanol–water partition coefficient (Wildman–Crippen LogP) is 3.14. The Kier molecular flexibility index (Phi) is 4.04. The lowest BCUT2D eigenvalue weighted by molar-refractivity contribution is -0.137. The summed E-state index contributed by atoms with van der Waals surface area (Å²) in [6, 6.07) is 8.01. The van der Waals surface area contributed by atoms with E-state index in [9.17, 15) is 4.79 Å². The fourth-order valence-corrected chi connectivity index (χ4v) is 2.30. The van der Waals surface area contributed by atoms with Crippen LogP contribution in [0.4, 0.5) is 0 Å². The molecule has 1 aromatic carbocycles. The Hall–Kier alpha value is -2.10. The monoisotopic (exact) mass is 285 g/mol.